The van der Waals surface area contributed by atoms with E-state index in [2.05, 4.69) is 76.1 Å². The van der Waals surface area contributed by atoms with Gasteiger partial charge in [-0.1, -0.05) is 0 Å². The van der Waals surface area contributed by atoms with Crippen LogP contribution < -0.4 is 10.2 Å². The third-order valence-corrected chi connectivity index (χ3v) is 5.05. The zero-order valence-corrected chi connectivity index (χ0v) is 19.6. The van der Waals surface area contributed by atoms with E-state index >= 15 is 0 Å². The fourth-order valence-corrected chi connectivity index (χ4v) is 3.47. The van der Waals surface area contributed by atoms with E-state index in [0.29, 0.717) is 6.54 Å². The predicted octanol–water partition coefficient (Wildman–Crippen LogP) is 3.63. The average molecular weight is 496 g/mol. The maximum Gasteiger partial charge on any atom is 0.194 e. The second-order valence-corrected chi connectivity index (χ2v) is 7.21. The average Bonchev–Trinajstić information content (AvgIpc) is 3.10. The number of guanidine groups is 1. The summed E-state index contributed by atoms with van der Waals surface area (Å²) in [6.45, 7) is 6.66. The minimum absolute atomic E-state index is 0. The molecule has 1 aliphatic heterocycles. The molecule has 0 radical (unpaired) electrons. The number of aromatic nitrogens is 2. The number of rotatable bonds is 6. The third kappa shape index (κ3) is 6.12. The standard InChI is InChI=1S/C21H32N6.HI/c1-4-22-21(26(3)17-19-9-8-12-25(19)2)24-16-18-10-11-23-20(15-18)27-13-6-5-7-14-27;/h8-12,15H,4-7,13-14,16-17H2,1-3H3,(H,22,24);1H. The number of nitrogens with one attached hydrogen (secondary N) is 1. The molecule has 1 N–H and O–H groups in total. The lowest BCUT2D eigenvalue weighted by Crippen LogP contribution is -2.38. The van der Waals surface area contributed by atoms with Crippen molar-refractivity contribution in [2.75, 3.05) is 31.6 Å². The number of hydrogen-bond acceptors (Lipinski definition) is 3. The van der Waals surface area contributed by atoms with Crippen molar-refractivity contribution in [2.45, 2.75) is 39.3 Å². The molecule has 3 rings (SSSR count). The van der Waals surface area contributed by atoms with Crippen molar-refractivity contribution in [3.8, 4) is 0 Å². The summed E-state index contributed by atoms with van der Waals surface area (Å²) >= 11 is 0. The first-order valence-electron chi connectivity index (χ1n) is 9.97. The van der Waals surface area contributed by atoms with Crippen LogP contribution in [0.4, 0.5) is 5.82 Å². The zero-order valence-electron chi connectivity index (χ0n) is 17.3. The summed E-state index contributed by atoms with van der Waals surface area (Å²) in [7, 11) is 4.16. The lowest BCUT2D eigenvalue weighted by atomic mass is 10.1. The Morgan fingerprint density at radius 2 is 2.04 bits per heavy atom. The monoisotopic (exact) mass is 496 g/mol. The summed E-state index contributed by atoms with van der Waals surface area (Å²) < 4.78 is 2.15. The van der Waals surface area contributed by atoms with Gasteiger partial charge in [-0.05, 0) is 56.0 Å². The Kier molecular flexibility index (Phi) is 9.08. The zero-order chi connectivity index (χ0) is 19.1. The van der Waals surface area contributed by atoms with Crippen molar-refractivity contribution >= 4 is 35.8 Å². The fourth-order valence-electron chi connectivity index (χ4n) is 3.47. The molecule has 0 spiro atoms. The molecule has 0 amide bonds. The molecule has 2 aromatic heterocycles. The molecule has 3 heterocycles. The largest absolute Gasteiger partial charge is 0.357 e. The van der Waals surface area contributed by atoms with Crippen molar-refractivity contribution in [1.82, 2.24) is 19.8 Å². The van der Waals surface area contributed by atoms with Crippen LogP contribution in [0.3, 0.4) is 0 Å². The number of anilines is 1. The van der Waals surface area contributed by atoms with Gasteiger partial charge in [-0.15, -0.1) is 24.0 Å². The topological polar surface area (TPSA) is 48.7 Å². The molecule has 1 saturated heterocycles. The smallest absolute Gasteiger partial charge is 0.194 e. The lowest BCUT2D eigenvalue weighted by molar-refractivity contribution is 0.462. The molecular weight excluding hydrogens is 463 g/mol. The number of aliphatic imine (C=N–C) groups is 1. The molecular formula is C21H33IN6. The number of hydrogen-bond donors (Lipinski definition) is 1. The Morgan fingerprint density at radius 3 is 2.71 bits per heavy atom. The molecule has 1 fully saturated rings. The van der Waals surface area contributed by atoms with Crippen molar-refractivity contribution in [1.29, 1.82) is 0 Å². The van der Waals surface area contributed by atoms with Gasteiger partial charge in [0.25, 0.3) is 0 Å². The van der Waals surface area contributed by atoms with Gasteiger partial charge in [0.1, 0.15) is 5.82 Å². The van der Waals surface area contributed by atoms with E-state index in [9.17, 15) is 0 Å². The molecule has 154 valence electrons. The summed E-state index contributed by atoms with van der Waals surface area (Å²) in [5, 5.41) is 3.40. The predicted molar refractivity (Wildman–Crippen MR) is 127 cm³/mol. The van der Waals surface area contributed by atoms with Crippen molar-refractivity contribution in [2.24, 2.45) is 12.0 Å². The minimum atomic E-state index is 0. The van der Waals surface area contributed by atoms with Gasteiger partial charge in [-0.25, -0.2) is 9.98 Å². The molecule has 0 aromatic carbocycles. The molecule has 7 heteroatoms. The summed E-state index contributed by atoms with van der Waals surface area (Å²) in [6, 6.07) is 8.48. The Balaban J connectivity index is 0.00000280. The summed E-state index contributed by atoms with van der Waals surface area (Å²) in [5.74, 6) is 2.01. The Morgan fingerprint density at radius 1 is 1.25 bits per heavy atom. The fraction of sp³-hybridized carbons (Fsp3) is 0.524. The van der Waals surface area contributed by atoms with Crippen LogP contribution in [-0.4, -0.2) is 47.1 Å². The van der Waals surface area contributed by atoms with E-state index in [0.717, 1.165) is 38.0 Å². The second-order valence-electron chi connectivity index (χ2n) is 7.21. The van der Waals surface area contributed by atoms with E-state index in [1.807, 2.05) is 6.20 Å². The van der Waals surface area contributed by atoms with Crippen molar-refractivity contribution in [3.63, 3.8) is 0 Å². The lowest BCUT2D eigenvalue weighted by Gasteiger charge is -2.27. The van der Waals surface area contributed by atoms with Crippen LogP contribution in [0.1, 0.15) is 37.4 Å². The number of pyridine rings is 1. The van der Waals surface area contributed by atoms with Gasteiger partial charge in [-0.3, -0.25) is 0 Å². The summed E-state index contributed by atoms with van der Waals surface area (Å²) in [5.41, 5.74) is 2.47. The first-order chi connectivity index (χ1) is 13.2. The molecule has 0 bridgehead atoms. The Bertz CT molecular complexity index is 751. The molecule has 0 aliphatic carbocycles. The first kappa shape index (κ1) is 22.5. The van der Waals surface area contributed by atoms with E-state index < -0.39 is 0 Å². The summed E-state index contributed by atoms with van der Waals surface area (Å²) in [4.78, 5) is 14.0. The van der Waals surface area contributed by atoms with E-state index in [4.69, 9.17) is 4.99 Å². The van der Waals surface area contributed by atoms with Crippen LogP contribution in [0.25, 0.3) is 0 Å². The Hall–Kier alpha value is -1.77. The quantitative estimate of drug-likeness (QED) is 0.377. The maximum atomic E-state index is 4.86. The second kappa shape index (κ2) is 11.3. The maximum absolute atomic E-state index is 4.86. The van der Waals surface area contributed by atoms with Crippen LogP contribution in [0.15, 0.2) is 41.7 Å². The third-order valence-electron chi connectivity index (χ3n) is 5.05. The van der Waals surface area contributed by atoms with Crippen LogP contribution in [-0.2, 0) is 20.1 Å². The molecule has 0 atom stereocenters. The highest BCUT2D eigenvalue weighted by molar-refractivity contribution is 14.0. The highest BCUT2D eigenvalue weighted by Crippen LogP contribution is 2.18. The number of aryl methyl sites for hydroxylation is 1. The molecule has 1 aliphatic rings. The van der Waals surface area contributed by atoms with Gasteiger partial charge in [0.2, 0.25) is 0 Å². The molecule has 2 aromatic rings. The number of halogens is 1. The van der Waals surface area contributed by atoms with Crippen molar-refractivity contribution < 1.29 is 0 Å². The van der Waals surface area contributed by atoms with Gasteiger partial charge in [0, 0.05) is 51.8 Å². The normalized spacial score (nSPS) is 14.5. The SMILES string of the molecule is CCNC(=NCc1ccnc(N2CCCCC2)c1)N(C)Cc1cccn1C.I. The number of piperidine rings is 1. The Labute approximate surface area is 186 Å². The molecule has 0 unspecified atom stereocenters. The van der Waals surface area contributed by atoms with Gasteiger partial charge < -0.3 is 19.7 Å². The van der Waals surface area contributed by atoms with Crippen molar-refractivity contribution in [3.05, 3.63) is 47.9 Å². The minimum Gasteiger partial charge on any atom is -0.357 e. The van der Waals surface area contributed by atoms with Crippen LogP contribution in [0.5, 0.6) is 0 Å². The van der Waals surface area contributed by atoms with Crippen LogP contribution >= 0.6 is 24.0 Å². The van der Waals surface area contributed by atoms with Crippen LogP contribution in [0, 0.1) is 0 Å². The first-order valence-corrected chi connectivity index (χ1v) is 9.97. The van der Waals surface area contributed by atoms with E-state index in [1.54, 1.807) is 0 Å². The van der Waals surface area contributed by atoms with Gasteiger partial charge in [-0.2, -0.15) is 0 Å². The van der Waals surface area contributed by atoms with E-state index in [-0.39, 0.29) is 24.0 Å². The van der Waals surface area contributed by atoms with Gasteiger partial charge in [0.05, 0.1) is 13.1 Å². The highest BCUT2D eigenvalue weighted by atomic mass is 127. The molecule has 6 nitrogen and oxygen atoms in total. The number of nitrogens with zero attached hydrogens (tertiary/aromatic N) is 5. The highest BCUT2D eigenvalue weighted by Gasteiger charge is 2.13. The van der Waals surface area contributed by atoms with Gasteiger partial charge in [0.15, 0.2) is 5.96 Å². The van der Waals surface area contributed by atoms with Crippen LogP contribution in [0.2, 0.25) is 0 Å². The molecule has 28 heavy (non-hydrogen) atoms. The molecule has 0 saturated carbocycles. The van der Waals surface area contributed by atoms with Gasteiger partial charge >= 0.3 is 0 Å². The summed E-state index contributed by atoms with van der Waals surface area (Å²) in [6.07, 6.45) is 7.85. The van der Waals surface area contributed by atoms with E-state index in [1.165, 1.54) is 30.5 Å².